The van der Waals surface area contributed by atoms with Gasteiger partial charge in [0.05, 0.1) is 6.61 Å². The van der Waals surface area contributed by atoms with Gasteiger partial charge in [0.25, 0.3) is 0 Å². The number of rotatable bonds is 4. The lowest BCUT2D eigenvalue weighted by molar-refractivity contribution is -0.136. The van der Waals surface area contributed by atoms with Crippen LogP contribution in [0.4, 0.5) is 0 Å². The normalized spacial score (nSPS) is 28.6. The zero-order chi connectivity index (χ0) is 17.1. The van der Waals surface area contributed by atoms with Crippen LogP contribution >= 0.6 is 0 Å². The van der Waals surface area contributed by atoms with Gasteiger partial charge in [0, 0.05) is 37.6 Å². The van der Waals surface area contributed by atoms with E-state index in [2.05, 4.69) is 40.1 Å². The number of hydrogen-bond donors (Lipinski definition) is 0. The number of amides is 1. The molecule has 1 atom stereocenters. The second-order valence-electron chi connectivity index (χ2n) is 8.03. The van der Waals surface area contributed by atoms with Gasteiger partial charge in [0.2, 0.25) is 5.91 Å². The van der Waals surface area contributed by atoms with E-state index in [0.717, 1.165) is 65.2 Å². The van der Waals surface area contributed by atoms with Crippen LogP contribution in [0.2, 0.25) is 0 Å². The molecule has 25 heavy (non-hydrogen) atoms. The fourth-order valence-electron chi connectivity index (χ4n) is 4.80. The fraction of sp³-hybridized carbons (Fsp3) is 0.667. The molecule has 0 saturated carbocycles. The Morgan fingerprint density at radius 3 is 2.44 bits per heavy atom. The number of hydrogen-bond acceptors (Lipinski definition) is 3. The van der Waals surface area contributed by atoms with Gasteiger partial charge in [0.15, 0.2) is 0 Å². The van der Waals surface area contributed by atoms with Gasteiger partial charge in [-0.15, -0.1) is 0 Å². The van der Waals surface area contributed by atoms with E-state index in [4.69, 9.17) is 4.74 Å². The number of likely N-dealkylation sites (tertiary alicyclic amines) is 2. The molecule has 1 aromatic rings. The van der Waals surface area contributed by atoms with E-state index in [9.17, 15) is 4.79 Å². The minimum atomic E-state index is 0.132. The van der Waals surface area contributed by atoms with Crippen molar-refractivity contribution in [2.45, 2.75) is 37.5 Å². The molecule has 3 aliphatic rings. The van der Waals surface area contributed by atoms with Gasteiger partial charge in [-0.1, -0.05) is 30.3 Å². The summed E-state index contributed by atoms with van der Waals surface area (Å²) in [5.41, 5.74) is 1.54. The summed E-state index contributed by atoms with van der Waals surface area (Å²) < 4.78 is 5.80. The molecule has 0 unspecified atom stereocenters. The summed E-state index contributed by atoms with van der Waals surface area (Å²) in [6, 6.07) is 10.9. The largest absolute Gasteiger partial charge is 0.380 e. The average molecular weight is 342 g/mol. The molecule has 0 aromatic heterocycles. The van der Waals surface area contributed by atoms with E-state index in [-0.39, 0.29) is 11.3 Å². The third kappa shape index (κ3) is 3.61. The molecular weight excluding hydrogens is 312 g/mol. The quantitative estimate of drug-likeness (QED) is 0.843. The Hall–Kier alpha value is -1.39. The maximum Gasteiger partial charge on any atom is 0.225 e. The first-order chi connectivity index (χ1) is 12.3. The smallest absolute Gasteiger partial charge is 0.225 e. The van der Waals surface area contributed by atoms with Crippen LogP contribution in [-0.4, -0.2) is 61.6 Å². The molecule has 3 aliphatic heterocycles. The van der Waals surface area contributed by atoms with Crippen LogP contribution in [0.25, 0.3) is 0 Å². The second-order valence-corrected chi connectivity index (χ2v) is 8.03. The number of carbonyl (C=O) groups excluding carboxylic acids is 1. The monoisotopic (exact) mass is 342 g/mol. The third-order valence-electron chi connectivity index (χ3n) is 6.37. The molecular formula is C21H30N2O2. The Bertz CT molecular complexity index is 569. The molecule has 4 nitrogen and oxygen atoms in total. The molecule has 3 heterocycles. The maximum atomic E-state index is 12.6. The van der Waals surface area contributed by atoms with Gasteiger partial charge in [-0.3, -0.25) is 4.79 Å². The number of ether oxygens (including phenoxy) is 1. The van der Waals surface area contributed by atoms with Gasteiger partial charge in [-0.25, -0.2) is 0 Å². The molecule has 136 valence electrons. The van der Waals surface area contributed by atoms with E-state index in [0.29, 0.717) is 5.91 Å². The lowest BCUT2D eigenvalue weighted by Gasteiger charge is -2.39. The Kier molecular flexibility index (Phi) is 5.09. The summed E-state index contributed by atoms with van der Waals surface area (Å²) in [5.74, 6) is 0.668. The first-order valence-corrected chi connectivity index (χ1v) is 9.91. The van der Waals surface area contributed by atoms with Crippen molar-refractivity contribution in [2.75, 3.05) is 45.9 Å². The molecule has 3 saturated heterocycles. The van der Waals surface area contributed by atoms with Gasteiger partial charge in [-0.2, -0.15) is 0 Å². The first kappa shape index (κ1) is 17.0. The summed E-state index contributed by atoms with van der Waals surface area (Å²) in [6.07, 6.45) is 5.50. The summed E-state index contributed by atoms with van der Waals surface area (Å²) in [5, 5.41) is 0. The average Bonchev–Trinajstić information content (AvgIpc) is 3.35. The van der Waals surface area contributed by atoms with E-state index >= 15 is 0 Å². The van der Waals surface area contributed by atoms with Crippen molar-refractivity contribution in [3.63, 3.8) is 0 Å². The second kappa shape index (κ2) is 7.46. The van der Waals surface area contributed by atoms with Crippen molar-refractivity contribution in [2.24, 2.45) is 5.92 Å². The summed E-state index contributed by atoms with van der Waals surface area (Å²) in [6.45, 7) is 6.78. The van der Waals surface area contributed by atoms with Gasteiger partial charge >= 0.3 is 0 Å². The van der Waals surface area contributed by atoms with E-state index < -0.39 is 0 Å². The number of nitrogens with zero attached hydrogens (tertiary/aromatic N) is 2. The minimum Gasteiger partial charge on any atom is -0.380 e. The molecule has 0 N–H and O–H groups in total. The van der Waals surface area contributed by atoms with Crippen molar-refractivity contribution >= 4 is 5.91 Å². The van der Waals surface area contributed by atoms with E-state index in [1.807, 2.05) is 0 Å². The molecule has 1 amide bonds. The van der Waals surface area contributed by atoms with Gasteiger partial charge in [0.1, 0.15) is 0 Å². The molecule has 3 fully saturated rings. The Balaban J connectivity index is 1.36. The highest BCUT2D eigenvalue weighted by molar-refractivity contribution is 5.79. The van der Waals surface area contributed by atoms with Crippen molar-refractivity contribution in [3.05, 3.63) is 35.9 Å². The Morgan fingerprint density at radius 2 is 1.80 bits per heavy atom. The van der Waals surface area contributed by atoms with Crippen molar-refractivity contribution < 1.29 is 9.53 Å². The summed E-state index contributed by atoms with van der Waals surface area (Å²) in [4.78, 5) is 17.3. The standard InChI is InChI=1S/C21H30N2O2/c24-20(23-11-4-5-12-23)18-8-13-22(14-9-18)16-21(10-15-25-17-21)19-6-2-1-3-7-19/h1-3,6-7,18H,4-5,8-17H2/t21-/m1/s1. The minimum absolute atomic E-state index is 0.132. The SMILES string of the molecule is O=C(C1CCN(C[C@]2(c3ccccc3)CCOC2)CC1)N1CCCC1. The maximum absolute atomic E-state index is 12.6. The summed E-state index contributed by atoms with van der Waals surface area (Å²) in [7, 11) is 0. The fourth-order valence-corrected chi connectivity index (χ4v) is 4.80. The van der Waals surface area contributed by atoms with Crippen molar-refractivity contribution in [1.82, 2.24) is 9.80 Å². The van der Waals surface area contributed by atoms with Gasteiger partial charge in [-0.05, 0) is 50.8 Å². The number of piperidine rings is 1. The highest BCUT2D eigenvalue weighted by Gasteiger charge is 2.39. The zero-order valence-electron chi connectivity index (χ0n) is 15.2. The molecule has 0 aliphatic carbocycles. The predicted octanol–water partition coefficient (Wildman–Crippen LogP) is 2.68. The van der Waals surface area contributed by atoms with Gasteiger partial charge < -0.3 is 14.5 Å². The Labute approximate surface area is 151 Å². The van der Waals surface area contributed by atoms with Crippen LogP contribution in [0.5, 0.6) is 0 Å². The van der Waals surface area contributed by atoms with Crippen molar-refractivity contribution in [1.29, 1.82) is 0 Å². The molecule has 1 aromatic carbocycles. The van der Waals surface area contributed by atoms with Crippen LogP contribution in [0, 0.1) is 5.92 Å². The summed E-state index contributed by atoms with van der Waals surface area (Å²) >= 11 is 0. The highest BCUT2D eigenvalue weighted by Crippen LogP contribution is 2.35. The molecule has 0 spiro atoms. The van der Waals surface area contributed by atoms with Crippen molar-refractivity contribution in [3.8, 4) is 0 Å². The topological polar surface area (TPSA) is 32.8 Å². The highest BCUT2D eigenvalue weighted by atomic mass is 16.5. The van der Waals surface area contributed by atoms with E-state index in [1.165, 1.54) is 18.4 Å². The molecule has 0 bridgehead atoms. The first-order valence-electron chi connectivity index (χ1n) is 9.91. The zero-order valence-corrected chi connectivity index (χ0v) is 15.2. The Morgan fingerprint density at radius 1 is 1.08 bits per heavy atom. The molecule has 4 heteroatoms. The van der Waals surface area contributed by atoms with Crippen LogP contribution in [-0.2, 0) is 14.9 Å². The molecule has 4 rings (SSSR count). The van der Waals surface area contributed by atoms with E-state index in [1.54, 1.807) is 0 Å². The predicted molar refractivity (Wildman–Crippen MR) is 98.5 cm³/mol. The lowest BCUT2D eigenvalue weighted by Crippen LogP contribution is -2.47. The molecule has 0 radical (unpaired) electrons. The number of benzene rings is 1. The lowest BCUT2D eigenvalue weighted by atomic mass is 9.78. The van der Waals surface area contributed by atoms with Crippen LogP contribution < -0.4 is 0 Å². The van der Waals surface area contributed by atoms with Crippen LogP contribution in [0.15, 0.2) is 30.3 Å². The number of carbonyl (C=O) groups is 1. The third-order valence-corrected chi connectivity index (χ3v) is 6.37. The van der Waals surface area contributed by atoms with Crippen LogP contribution in [0.3, 0.4) is 0 Å². The van der Waals surface area contributed by atoms with Crippen LogP contribution in [0.1, 0.15) is 37.7 Å².